The first-order valence-electron chi connectivity index (χ1n) is 5.03. The summed E-state index contributed by atoms with van der Waals surface area (Å²) in [6.45, 7) is -1.69. The monoisotopic (exact) mass is 263 g/mol. The van der Waals surface area contributed by atoms with Crippen LogP contribution in [-0.2, 0) is 9.53 Å². The normalized spacial score (nSPS) is 11.3. The summed E-state index contributed by atoms with van der Waals surface area (Å²) in [7, 11) is 0. The molecule has 0 aliphatic rings. The largest absolute Gasteiger partial charge is 0.411 e. The van der Waals surface area contributed by atoms with Crippen LogP contribution < -0.4 is 11.1 Å². The first kappa shape index (κ1) is 14.2. The number of amides is 1. The molecule has 0 bridgehead atoms. The Labute approximate surface area is 101 Å². The van der Waals surface area contributed by atoms with E-state index in [4.69, 9.17) is 5.73 Å². The number of pyridine rings is 1. The van der Waals surface area contributed by atoms with E-state index in [2.05, 4.69) is 15.0 Å². The summed E-state index contributed by atoms with van der Waals surface area (Å²) in [5, 5.41) is 2.37. The van der Waals surface area contributed by atoms with Crippen molar-refractivity contribution < 1.29 is 22.7 Å². The molecule has 1 heterocycles. The molecule has 1 amide bonds. The molecule has 0 saturated carbocycles. The van der Waals surface area contributed by atoms with E-state index in [1.54, 1.807) is 12.1 Å². The maximum absolute atomic E-state index is 11.7. The zero-order valence-corrected chi connectivity index (χ0v) is 9.33. The Hall–Kier alpha value is -1.83. The molecule has 3 N–H and O–H groups in total. The minimum absolute atomic E-state index is 0.179. The number of nitrogens with two attached hydrogens (primary N) is 1. The fraction of sp³-hybridized carbons (Fsp3) is 0.400. The summed E-state index contributed by atoms with van der Waals surface area (Å²) in [6.07, 6.45) is -3.15. The van der Waals surface area contributed by atoms with Crippen LogP contribution in [0.25, 0.3) is 0 Å². The summed E-state index contributed by atoms with van der Waals surface area (Å²) >= 11 is 0. The van der Waals surface area contributed by atoms with Gasteiger partial charge in [-0.3, -0.25) is 4.79 Å². The number of alkyl halides is 3. The predicted molar refractivity (Wildman–Crippen MR) is 58.8 cm³/mol. The van der Waals surface area contributed by atoms with Crippen molar-refractivity contribution in [1.82, 2.24) is 4.98 Å². The van der Waals surface area contributed by atoms with Gasteiger partial charge in [-0.25, -0.2) is 4.98 Å². The molecule has 100 valence electrons. The van der Waals surface area contributed by atoms with Crippen LogP contribution in [0.2, 0.25) is 0 Å². The molecule has 0 aliphatic carbocycles. The van der Waals surface area contributed by atoms with Crippen LogP contribution in [0.3, 0.4) is 0 Å². The van der Waals surface area contributed by atoms with E-state index in [9.17, 15) is 18.0 Å². The molecule has 0 atom stereocenters. The Morgan fingerprint density at radius 2 is 2.22 bits per heavy atom. The summed E-state index contributed by atoms with van der Waals surface area (Å²) in [5.41, 5.74) is 5.80. The number of nitrogens with zero attached hydrogens (tertiary/aromatic N) is 1. The van der Waals surface area contributed by atoms with Crippen LogP contribution in [0.1, 0.15) is 6.42 Å². The zero-order chi connectivity index (χ0) is 13.6. The highest BCUT2D eigenvalue weighted by Crippen LogP contribution is 2.15. The Balaban J connectivity index is 2.29. The number of carbonyl (C=O) groups excluding carboxylic acids is 1. The van der Waals surface area contributed by atoms with Gasteiger partial charge in [0.2, 0.25) is 5.91 Å². The number of halogens is 3. The van der Waals surface area contributed by atoms with Crippen molar-refractivity contribution in [2.45, 2.75) is 12.6 Å². The van der Waals surface area contributed by atoms with Crippen molar-refractivity contribution in [3.8, 4) is 0 Å². The lowest BCUT2D eigenvalue weighted by Gasteiger charge is -2.08. The summed E-state index contributed by atoms with van der Waals surface area (Å²) in [5.74, 6) is -0.333. The van der Waals surface area contributed by atoms with E-state index < -0.39 is 18.7 Å². The van der Waals surface area contributed by atoms with Gasteiger partial charge >= 0.3 is 6.18 Å². The molecule has 1 rings (SSSR count). The molecule has 0 spiro atoms. The molecule has 0 fully saturated rings. The van der Waals surface area contributed by atoms with Gasteiger partial charge in [-0.1, -0.05) is 0 Å². The highest BCUT2D eigenvalue weighted by atomic mass is 19.4. The van der Waals surface area contributed by atoms with Crippen molar-refractivity contribution >= 4 is 17.4 Å². The lowest BCUT2D eigenvalue weighted by atomic mass is 10.3. The van der Waals surface area contributed by atoms with Crippen LogP contribution >= 0.6 is 0 Å². The zero-order valence-electron chi connectivity index (χ0n) is 9.33. The average Bonchev–Trinajstić information content (AvgIpc) is 2.26. The molecule has 0 saturated heterocycles. The Morgan fingerprint density at radius 1 is 1.50 bits per heavy atom. The average molecular weight is 263 g/mol. The fourth-order valence-electron chi connectivity index (χ4n) is 1.07. The molecular formula is C10H12F3N3O2. The highest BCUT2D eigenvalue weighted by molar-refractivity contribution is 5.92. The quantitative estimate of drug-likeness (QED) is 0.790. The molecule has 18 heavy (non-hydrogen) atoms. The number of ether oxygens (including phenoxy) is 1. The van der Waals surface area contributed by atoms with Crippen molar-refractivity contribution in [2.75, 3.05) is 24.3 Å². The minimum Gasteiger partial charge on any atom is -0.396 e. The van der Waals surface area contributed by atoms with Gasteiger partial charge in [0.1, 0.15) is 6.61 Å². The lowest BCUT2D eigenvalue weighted by Crippen LogP contribution is -2.20. The van der Waals surface area contributed by atoms with Crippen molar-refractivity contribution in [2.24, 2.45) is 0 Å². The van der Waals surface area contributed by atoms with Gasteiger partial charge in [0, 0.05) is 6.20 Å². The third-order valence-corrected chi connectivity index (χ3v) is 1.84. The van der Waals surface area contributed by atoms with Gasteiger partial charge in [0.25, 0.3) is 0 Å². The van der Waals surface area contributed by atoms with Crippen molar-refractivity contribution in [3.05, 3.63) is 18.3 Å². The van der Waals surface area contributed by atoms with E-state index in [0.29, 0.717) is 0 Å². The van der Waals surface area contributed by atoms with Crippen molar-refractivity contribution in [3.63, 3.8) is 0 Å². The highest BCUT2D eigenvalue weighted by Gasteiger charge is 2.27. The molecule has 1 aromatic rings. The number of hydrogen-bond donors (Lipinski definition) is 2. The van der Waals surface area contributed by atoms with Crippen LogP contribution in [0.5, 0.6) is 0 Å². The van der Waals surface area contributed by atoms with Gasteiger partial charge in [-0.15, -0.1) is 0 Å². The standard InChI is InChI=1S/C10H12F3N3O2/c11-10(12,13)6-18-5-3-8(17)16-9-7(14)2-1-4-15-9/h1-2,4H,3,5-6,14H2,(H,15,16,17). The third kappa shape index (κ3) is 5.48. The Bertz CT molecular complexity index is 410. The molecule has 1 aromatic heterocycles. The van der Waals surface area contributed by atoms with E-state index in [1.807, 2.05) is 0 Å². The molecule has 0 aromatic carbocycles. The Kier molecular flexibility index (Phi) is 4.90. The SMILES string of the molecule is Nc1cccnc1NC(=O)CCOCC(F)(F)F. The van der Waals surface area contributed by atoms with E-state index in [0.717, 1.165) is 0 Å². The van der Waals surface area contributed by atoms with Crippen LogP contribution in [0, 0.1) is 0 Å². The van der Waals surface area contributed by atoms with Crippen LogP contribution in [0.15, 0.2) is 18.3 Å². The van der Waals surface area contributed by atoms with Crippen molar-refractivity contribution in [1.29, 1.82) is 0 Å². The maximum Gasteiger partial charge on any atom is 0.411 e. The molecule has 0 radical (unpaired) electrons. The van der Waals surface area contributed by atoms with Gasteiger partial charge in [-0.2, -0.15) is 13.2 Å². The number of rotatable bonds is 5. The smallest absolute Gasteiger partial charge is 0.396 e. The van der Waals surface area contributed by atoms with Crippen LogP contribution in [0.4, 0.5) is 24.7 Å². The number of hydrogen-bond acceptors (Lipinski definition) is 4. The second kappa shape index (κ2) is 6.20. The third-order valence-electron chi connectivity index (χ3n) is 1.84. The summed E-state index contributed by atoms with van der Waals surface area (Å²) in [4.78, 5) is 15.1. The Morgan fingerprint density at radius 3 is 2.83 bits per heavy atom. The topological polar surface area (TPSA) is 77.2 Å². The molecule has 5 nitrogen and oxygen atoms in total. The number of carbonyl (C=O) groups is 1. The van der Waals surface area contributed by atoms with E-state index in [-0.39, 0.29) is 24.5 Å². The maximum atomic E-state index is 11.7. The van der Waals surface area contributed by atoms with Gasteiger partial charge < -0.3 is 15.8 Å². The van der Waals surface area contributed by atoms with Gasteiger partial charge in [-0.05, 0) is 12.1 Å². The minimum atomic E-state index is -4.39. The van der Waals surface area contributed by atoms with E-state index in [1.165, 1.54) is 6.20 Å². The van der Waals surface area contributed by atoms with E-state index >= 15 is 0 Å². The molecule has 0 unspecified atom stereocenters. The molecular weight excluding hydrogens is 251 g/mol. The number of anilines is 2. The summed E-state index contributed by atoms with van der Waals surface area (Å²) in [6, 6.07) is 3.14. The predicted octanol–water partition coefficient (Wildman–Crippen LogP) is 1.57. The molecule has 8 heteroatoms. The van der Waals surface area contributed by atoms with Crippen LogP contribution in [-0.4, -0.2) is 30.3 Å². The molecule has 0 aliphatic heterocycles. The first-order valence-corrected chi connectivity index (χ1v) is 5.03. The summed E-state index contributed by atoms with van der Waals surface area (Å²) < 4.78 is 39.5. The number of nitrogen functional groups attached to an aromatic ring is 1. The lowest BCUT2D eigenvalue weighted by molar-refractivity contribution is -0.174. The number of aromatic nitrogens is 1. The number of nitrogens with one attached hydrogen (secondary N) is 1. The van der Waals surface area contributed by atoms with Gasteiger partial charge in [0.05, 0.1) is 18.7 Å². The van der Waals surface area contributed by atoms with Gasteiger partial charge in [0.15, 0.2) is 5.82 Å². The first-order chi connectivity index (χ1) is 8.38. The fourth-order valence-corrected chi connectivity index (χ4v) is 1.07. The second-order valence-electron chi connectivity index (χ2n) is 3.41. The second-order valence-corrected chi connectivity index (χ2v) is 3.41.